The van der Waals surface area contributed by atoms with E-state index in [2.05, 4.69) is 41.0 Å². The van der Waals surface area contributed by atoms with Crippen molar-refractivity contribution >= 4 is 21.3 Å². The zero-order valence-electron chi connectivity index (χ0n) is 20.3. The Bertz CT molecular complexity index is 1140. The Morgan fingerprint density at radius 2 is 1.88 bits per heavy atom. The van der Waals surface area contributed by atoms with Gasteiger partial charge in [0.05, 0.1) is 29.4 Å². The second kappa shape index (κ2) is 9.39. The number of piperidine rings is 1. The molecule has 2 saturated heterocycles. The highest BCUT2D eigenvalue weighted by Crippen LogP contribution is 2.34. The number of hydrogen-bond donors (Lipinski definition) is 1. The van der Waals surface area contributed by atoms with Gasteiger partial charge < -0.3 is 14.8 Å². The number of aromatic nitrogens is 2. The topological polar surface area (TPSA) is 93.7 Å². The highest BCUT2D eigenvalue weighted by Gasteiger charge is 2.41. The Kier molecular flexibility index (Phi) is 6.85. The molecule has 2 atom stereocenters. The molecular weight excluding hydrogens is 459 g/mol. The van der Waals surface area contributed by atoms with Gasteiger partial charge in [0.25, 0.3) is 0 Å². The molecule has 3 heterocycles. The molecule has 4 rings (SSSR count). The lowest BCUT2D eigenvalue weighted by Crippen LogP contribution is -2.60. The number of rotatable bonds is 6. The number of hydrogen-bond acceptors (Lipinski definition) is 8. The fourth-order valence-corrected chi connectivity index (χ4v) is 5.27. The molecule has 8 nitrogen and oxygen atoms in total. The molecule has 2 aliphatic rings. The standard InChI is InChI=1S/C24H33FN4O4S/c1-15-22(28-21-7-6-19(10-20(21)25)34(5,30)31)26-14-27-23(15)33-18-8-16-11-32-12-17(9-18)29(16)13-24(2,3)4/h6-7,10,14,16-18H,8-9,11-13H2,1-5H3,(H,26,27,28)/t16-,17-/m1/s1. The molecule has 0 spiro atoms. The molecule has 0 unspecified atom stereocenters. The van der Waals surface area contributed by atoms with Crippen LogP contribution in [0.25, 0.3) is 0 Å². The fraction of sp³-hybridized carbons (Fsp3) is 0.583. The number of fused-ring (bicyclic) bond motifs is 2. The van der Waals surface area contributed by atoms with Crippen LogP contribution in [0.3, 0.4) is 0 Å². The first kappa shape index (κ1) is 24.8. The average Bonchev–Trinajstić information content (AvgIpc) is 2.71. The van der Waals surface area contributed by atoms with Gasteiger partial charge in [-0.05, 0) is 30.5 Å². The summed E-state index contributed by atoms with van der Waals surface area (Å²) >= 11 is 0. The van der Waals surface area contributed by atoms with Crippen LogP contribution in [0.1, 0.15) is 39.2 Å². The predicted octanol–water partition coefficient (Wildman–Crippen LogP) is 3.73. The van der Waals surface area contributed by atoms with Gasteiger partial charge in [-0.2, -0.15) is 0 Å². The van der Waals surface area contributed by atoms with Crippen molar-refractivity contribution in [2.75, 3.05) is 31.3 Å². The lowest BCUT2D eigenvalue weighted by atomic mass is 9.87. The lowest BCUT2D eigenvalue weighted by Gasteiger charge is -2.50. The number of morpholine rings is 1. The number of halogens is 1. The second-order valence-corrected chi connectivity index (χ2v) is 12.5. The van der Waals surface area contributed by atoms with Gasteiger partial charge in [-0.15, -0.1) is 0 Å². The summed E-state index contributed by atoms with van der Waals surface area (Å²) in [5.41, 5.74) is 0.995. The minimum atomic E-state index is -3.49. The summed E-state index contributed by atoms with van der Waals surface area (Å²) in [6, 6.07) is 4.36. The van der Waals surface area contributed by atoms with E-state index in [4.69, 9.17) is 9.47 Å². The number of ether oxygens (including phenoxy) is 2. The third-order valence-corrected chi connectivity index (χ3v) is 7.33. The number of nitrogens with one attached hydrogen (secondary N) is 1. The van der Waals surface area contributed by atoms with E-state index in [9.17, 15) is 12.8 Å². The molecule has 10 heteroatoms. The Morgan fingerprint density at radius 3 is 2.47 bits per heavy atom. The minimum absolute atomic E-state index is 0.00217. The Morgan fingerprint density at radius 1 is 1.21 bits per heavy atom. The maximum absolute atomic E-state index is 14.5. The molecule has 0 amide bonds. The van der Waals surface area contributed by atoms with Crippen LogP contribution in [0.4, 0.5) is 15.9 Å². The molecule has 0 aliphatic carbocycles. The molecular formula is C24H33FN4O4S. The predicted molar refractivity (Wildman–Crippen MR) is 128 cm³/mol. The summed E-state index contributed by atoms with van der Waals surface area (Å²) in [7, 11) is -3.49. The zero-order chi connectivity index (χ0) is 24.7. The van der Waals surface area contributed by atoms with Gasteiger partial charge in [-0.25, -0.2) is 22.8 Å². The summed E-state index contributed by atoms with van der Waals surface area (Å²) in [6.07, 6.45) is 4.12. The van der Waals surface area contributed by atoms with Crippen molar-refractivity contribution in [3.8, 4) is 5.88 Å². The number of sulfone groups is 1. The van der Waals surface area contributed by atoms with Crippen molar-refractivity contribution in [3.05, 3.63) is 35.9 Å². The summed E-state index contributed by atoms with van der Waals surface area (Å²) in [4.78, 5) is 11.0. The molecule has 34 heavy (non-hydrogen) atoms. The van der Waals surface area contributed by atoms with Gasteiger partial charge in [-0.3, -0.25) is 4.90 Å². The molecule has 1 aromatic heterocycles. The monoisotopic (exact) mass is 492 g/mol. The van der Waals surface area contributed by atoms with E-state index in [-0.39, 0.29) is 22.1 Å². The Hall–Kier alpha value is -2.30. The Balaban J connectivity index is 1.48. The van der Waals surface area contributed by atoms with Crippen LogP contribution in [0.15, 0.2) is 29.4 Å². The second-order valence-electron chi connectivity index (χ2n) is 10.5. The quantitative estimate of drug-likeness (QED) is 0.652. The van der Waals surface area contributed by atoms with E-state index in [1.165, 1.54) is 18.5 Å². The maximum atomic E-state index is 14.5. The molecule has 2 aromatic rings. The molecule has 1 aromatic carbocycles. The lowest BCUT2D eigenvalue weighted by molar-refractivity contribution is -0.109. The van der Waals surface area contributed by atoms with Crippen LogP contribution >= 0.6 is 0 Å². The van der Waals surface area contributed by atoms with Crippen LogP contribution in [0.5, 0.6) is 5.88 Å². The molecule has 2 fully saturated rings. The smallest absolute Gasteiger partial charge is 0.221 e. The van der Waals surface area contributed by atoms with Gasteiger partial charge >= 0.3 is 0 Å². The van der Waals surface area contributed by atoms with Crippen LogP contribution in [-0.2, 0) is 14.6 Å². The van der Waals surface area contributed by atoms with Crippen LogP contribution in [-0.4, -0.2) is 67.5 Å². The van der Waals surface area contributed by atoms with E-state index in [1.54, 1.807) is 0 Å². The summed E-state index contributed by atoms with van der Waals surface area (Å²) < 4.78 is 50.0. The summed E-state index contributed by atoms with van der Waals surface area (Å²) in [5.74, 6) is 0.186. The van der Waals surface area contributed by atoms with E-state index in [1.807, 2.05) is 6.92 Å². The van der Waals surface area contributed by atoms with Gasteiger partial charge in [-0.1, -0.05) is 20.8 Å². The van der Waals surface area contributed by atoms with Gasteiger partial charge in [0.1, 0.15) is 24.1 Å². The highest BCUT2D eigenvalue weighted by atomic mass is 32.2. The largest absolute Gasteiger partial charge is 0.474 e. The molecule has 2 bridgehead atoms. The first-order valence-corrected chi connectivity index (χ1v) is 13.4. The van der Waals surface area contributed by atoms with Crippen LogP contribution in [0, 0.1) is 18.2 Å². The van der Waals surface area contributed by atoms with Gasteiger partial charge in [0, 0.05) is 37.7 Å². The van der Waals surface area contributed by atoms with Crippen LogP contribution in [0.2, 0.25) is 0 Å². The first-order valence-electron chi connectivity index (χ1n) is 11.5. The Labute approximate surface area is 200 Å². The molecule has 1 N–H and O–H groups in total. The first-order chi connectivity index (χ1) is 15.9. The molecule has 0 saturated carbocycles. The maximum Gasteiger partial charge on any atom is 0.221 e. The van der Waals surface area contributed by atoms with Crippen molar-refractivity contribution in [2.45, 2.75) is 63.6 Å². The van der Waals surface area contributed by atoms with E-state index in [0.717, 1.165) is 31.7 Å². The normalized spacial score (nSPS) is 23.5. The van der Waals surface area contributed by atoms with Gasteiger partial charge in [0.15, 0.2) is 9.84 Å². The number of nitrogens with zero attached hydrogens (tertiary/aromatic N) is 3. The summed E-state index contributed by atoms with van der Waals surface area (Å²) in [6.45, 7) is 11.0. The minimum Gasteiger partial charge on any atom is -0.474 e. The van der Waals surface area contributed by atoms with Crippen molar-refractivity contribution in [1.29, 1.82) is 0 Å². The highest BCUT2D eigenvalue weighted by molar-refractivity contribution is 7.90. The number of anilines is 2. The SMILES string of the molecule is Cc1c(Nc2ccc(S(C)(=O)=O)cc2F)ncnc1OC1C[C@@H]2COC[C@@H](C1)N2CC(C)(C)C. The molecule has 2 aliphatic heterocycles. The average molecular weight is 493 g/mol. The van der Waals surface area contributed by atoms with E-state index >= 15 is 0 Å². The van der Waals surface area contributed by atoms with Crippen molar-refractivity contribution in [2.24, 2.45) is 5.41 Å². The van der Waals surface area contributed by atoms with E-state index in [0.29, 0.717) is 42.6 Å². The van der Waals surface area contributed by atoms with Crippen molar-refractivity contribution < 1.29 is 22.3 Å². The van der Waals surface area contributed by atoms with Crippen molar-refractivity contribution in [1.82, 2.24) is 14.9 Å². The number of benzene rings is 1. The third-order valence-electron chi connectivity index (χ3n) is 6.22. The van der Waals surface area contributed by atoms with Crippen molar-refractivity contribution in [3.63, 3.8) is 0 Å². The van der Waals surface area contributed by atoms with E-state index < -0.39 is 15.7 Å². The zero-order valence-corrected chi connectivity index (χ0v) is 21.2. The molecule has 0 radical (unpaired) electrons. The van der Waals surface area contributed by atoms with Gasteiger partial charge in [0.2, 0.25) is 5.88 Å². The third kappa shape index (κ3) is 5.67. The fourth-order valence-electron chi connectivity index (χ4n) is 4.63. The van der Waals surface area contributed by atoms with Crippen LogP contribution < -0.4 is 10.1 Å². The summed E-state index contributed by atoms with van der Waals surface area (Å²) in [5, 5.41) is 2.94. The molecule has 186 valence electrons.